The summed E-state index contributed by atoms with van der Waals surface area (Å²) in [7, 11) is 0. The molecule has 0 aliphatic carbocycles. The minimum absolute atomic E-state index is 0.181. The number of benzene rings is 2. The van der Waals surface area contributed by atoms with Crippen LogP contribution >= 0.6 is 0 Å². The largest absolute Gasteiger partial charge is 0.467 e. The van der Waals surface area contributed by atoms with Crippen LogP contribution in [0.15, 0.2) is 95.9 Å². The molecule has 1 saturated heterocycles. The fraction of sp³-hybridized carbons (Fsp3) is 0.172. The molecular weight excluding hydrogens is 484 g/mol. The SMILES string of the molecule is Cc1cccc(CN2C(=O)O[C@H](c3ccc(NC(=O)c4cccnc4)cc3)[C@H]2C(=O)NCc2ccco2)c1. The van der Waals surface area contributed by atoms with E-state index in [1.165, 1.54) is 17.4 Å². The molecule has 1 fully saturated rings. The second-order valence-electron chi connectivity index (χ2n) is 8.98. The Kier molecular flexibility index (Phi) is 7.17. The number of cyclic esters (lactones) is 1. The van der Waals surface area contributed by atoms with E-state index in [0.29, 0.717) is 22.6 Å². The Morgan fingerprint density at radius 2 is 1.87 bits per heavy atom. The van der Waals surface area contributed by atoms with Gasteiger partial charge in [-0.25, -0.2) is 4.79 Å². The number of rotatable bonds is 8. The van der Waals surface area contributed by atoms with Crippen LogP contribution in [0.2, 0.25) is 0 Å². The first kappa shape index (κ1) is 24.8. The topological polar surface area (TPSA) is 114 Å². The molecule has 0 spiro atoms. The van der Waals surface area contributed by atoms with Crippen molar-refractivity contribution < 1.29 is 23.5 Å². The minimum atomic E-state index is -0.909. The highest BCUT2D eigenvalue weighted by Crippen LogP contribution is 2.34. The first-order valence-corrected chi connectivity index (χ1v) is 12.1. The molecule has 3 heterocycles. The number of furan rings is 1. The molecule has 0 radical (unpaired) electrons. The molecule has 2 N–H and O–H groups in total. The minimum Gasteiger partial charge on any atom is -0.467 e. The van der Waals surface area contributed by atoms with Gasteiger partial charge in [-0.15, -0.1) is 0 Å². The molecule has 4 aromatic rings. The number of nitrogens with zero attached hydrogens (tertiary/aromatic N) is 2. The molecule has 2 atom stereocenters. The van der Waals surface area contributed by atoms with E-state index in [1.807, 2.05) is 31.2 Å². The summed E-state index contributed by atoms with van der Waals surface area (Å²) in [6.45, 7) is 2.37. The van der Waals surface area contributed by atoms with Gasteiger partial charge in [-0.3, -0.25) is 19.5 Å². The van der Waals surface area contributed by atoms with Crippen LogP contribution in [0.4, 0.5) is 10.5 Å². The average molecular weight is 511 g/mol. The van der Waals surface area contributed by atoms with Gasteiger partial charge in [-0.2, -0.15) is 0 Å². The van der Waals surface area contributed by atoms with E-state index in [-0.39, 0.29) is 24.9 Å². The molecule has 3 amide bonds. The summed E-state index contributed by atoms with van der Waals surface area (Å²) in [5.74, 6) is -0.0596. The van der Waals surface area contributed by atoms with E-state index >= 15 is 0 Å². The third kappa shape index (κ3) is 5.57. The number of hydrogen-bond donors (Lipinski definition) is 2. The fourth-order valence-electron chi connectivity index (χ4n) is 4.37. The van der Waals surface area contributed by atoms with Gasteiger partial charge in [0.1, 0.15) is 5.76 Å². The van der Waals surface area contributed by atoms with Gasteiger partial charge in [0.2, 0.25) is 5.91 Å². The van der Waals surface area contributed by atoms with Crippen LogP contribution in [0.3, 0.4) is 0 Å². The maximum atomic E-state index is 13.4. The van der Waals surface area contributed by atoms with Crippen molar-refractivity contribution in [2.75, 3.05) is 5.32 Å². The third-order valence-corrected chi connectivity index (χ3v) is 6.23. The van der Waals surface area contributed by atoms with Gasteiger partial charge in [0.25, 0.3) is 5.91 Å². The van der Waals surface area contributed by atoms with E-state index in [1.54, 1.807) is 54.7 Å². The zero-order chi connectivity index (χ0) is 26.5. The molecule has 0 bridgehead atoms. The third-order valence-electron chi connectivity index (χ3n) is 6.23. The Labute approximate surface area is 219 Å². The van der Waals surface area contributed by atoms with Crippen molar-refractivity contribution >= 4 is 23.6 Å². The second-order valence-corrected chi connectivity index (χ2v) is 8.98. The zero-order valence-electron chi connectivity index (χ0n) is 20.7. The maximum Gasteiger partial charge on any atom is 0.411 e. The summed E-state index contributed by atoms with van der Waals surface area (Å²) >= 11 is 0. The van der Waals surface area contributed by atoms with Gasteiger partial charge in [0.15, 0.2) is 12.1 Å². The predicted octanol–water partition coefficient (Wildman–Crippen LogP) is 4.61. The summed E-state index contributed by atoms with van der Waals surface area (Å²) in [4.78, 5) is 44.3. The van der Waals surface area contributed by atoms with Crippen LogP contribution in [0.25, 0.3) is 0 Å². The number of carbonyl (C=O) groups excluding carboxylic acids is 3. The van der Waals surface area contributed by atoms with Crippen molar-refractivity contribution in [2.24, 2.45) is 0 Å². The lowest BCUT2D eigenvalue weighted by molar-refractivity contribution is -0.126. The fourth-order valence-corrected chi connectivity index (χ4v) is 4.37. The molecule has 38 heavy (non-hydrogen) atoms. The molecule has 0 unspecified atom stereocenters. The molecule has 9 nitrogen and oxygen atoms in total. The number of carbonyl (C=O) groups is 3. The molecular formula is C29H26N4O5. The van der Waals surface area contributed by atoms with Gasteiger partial charge >= 0.3 is 6.09 Å². The second kappa shape index (κ2) is 11.0. The number of nitrogens with one attached hydrogen (secondary N) is 2. The number of aryl methyl sites for hydroxylation is 1. The highest BCUT2D eigenvalue weighted by molar-refractivity contribution is 6.04. The molecule has 0 saturated carbocycles. The zero-order valence-corrected chi connectivity index (χ0v) is 20.7. The number of amides is 3. The van der Waals surface area contributed by atoms with Crippen LogP contribution in [0, 0.1) is 6.92 Å². The average Bonchev–Trinajstić information content (AvgIpc) is 3.56. The molecule has 9 heteroatoms. The lowest BCUT2D eigenvalue weighted by atomic mass is 10.00. The van der Waals surface area contributed by atoms with E-state index in [9.17, 15) is 14.4 Å². The number of pyridine rings is 1. The summed E-state index contributed by atoms with van der Waals surface area (Å²) in [5, 5.41) is 5.68. The lowest BCUT2D eigenvalue weighted by Crippen LogP contribution is -2.46. The maximum absolute atomic E-state index is 13.4. The monoisotopic (exact) mass is 510 g/mol. The highest BCUT2D eigenvalue weighted by atomic mass is 16.6. The Morgan fingerprint density at radius 3 is 2.58 bits per heavy atom. The van der Waals surface area contributed by atoms with Gasteiger partial charge in [0.05, 0.1) is 24.9 Å². The van der Waals surface area contributed by atoms with E-state index in [2.05, 4.69) is 15.6 Å². The number of ether oxygens (including phenoxy) is 1. The number of aromatic nitrogens is 1. The molecule has 2 aromatic carbocycles. The van der Waals surface area contributed by atoms with Gasteiger partial charge in [0, 0.05) is 18.1 Å². The standard InChI is InChI=1S/C29H26N4O5/c1-19-5-2-6-20(15-19)18-33-25(28(35)31-17-24-8-4-14-37-24)26(38-29(33)36)21-9-11-23(12-10-21)32-27(34)22-7-3-13-30-16-22/h2-16,25-26H,17-18H2,1H3,(H,31,35)(H,32,34)/t25-,26+/m0/s1. The van der Waals surface area contributed by atoms with Crippen molar-refractivity contribution in [3.05, 3.63) is 119 Å². The first-order chi connectivity index (χ1) is 18.5. The van der Waals surface area contributed by atoms with Crippen molar-refractivity contribution in [3.8, 4) is 0 Å². The van der Waals surface area contributed by atoms with Crippen LogP contribution in [-0.2, 0) is 22.6 Å². The Hall–Kier alpha value is -4.92. The van der Waals surface area contributed by atoms with Crippen molar-refractivity contribution in [2.45, 2.75) is 32.2 Å². The van der Waals surface area contributed by atoms with Crippen molar-refractivity contribution in [1.82, 2.24) is 15.2 Å². The number of anilines is 1. The normalized spacial score (nSPS) is 16.7. The van der Waals surface area contributed by atoms with Gasteiger partial charge in [-0.1, -0.05) is 42.0 Å². The molecule has 2 aromatic heterocycles. The molecule has 1 aliphatic rings. The summed E-state index contributed by atoms with van der Waals surface area (Å²) < 4.78 is 11.1. The molecule has 192 valence electrons. The number of hydrogen-bond acceptors (Lipinski definition) is 6. The van der Waals surface area contributed by atoms with Crippen molar-refractivity contribution in [1.29, 1.82) is 0 Å². The lowest BCUT2D eigenvalue weighted by Gasteiger charge is -2.24. The summed E-state index contributed by atoms with van der Waals surface area (Å²) in [6.07, 6.45) is 3.19. The molecule has 1 aliphatic heterocycles. The Balaban J connectivity index is 1.37. The van der Waals surface area contributed by atoms with Crippen LogP contribution in [0.5, 0.6) is 0 Å². The molecule has 5 rings (SSSR count). The first-order valence-electron chi connectivity index (χ1n) is 12.1. The van der Waals surface area contributed by atoms with Crippen LogP contribution in [0.1, 0.15) is 38.9 Å². The Morgan fingerprint density at radius 1 is 1.03 bits per heavy atom. The smallest absolute Gasteiger partial charge is 0.411 e. The summed E-state index contributed by atoms with van der Waals surface area (Å²) in [6, 6.07) is 20.6. The Bertz CT molecular complexity index is 1420. The van der Waals surface area contributed by atoms with Gasteiger partial charge < -0.3 is 19.8 Å². The highest BCUT2D eigenvalue weighted by Gasteiger charge is 2.47. The van der Waals surface area contributed by atoms with E-state index < -0.39 is 18.2 Å². The van der Waals surface area contributed by atoms with Crippen LogP contribution < -0.4 is 10.6 Å². The predicted molar refractivity (Wildman–Crippen MR) is 139 cm³/mol. The summed E-state index contributed by atoms with van der Waals surface area (Å²) in [5.41, 5.74) is 3.56. The van der Waals surface area contributed by atoms with E-state index in [0.717, 1.165) is 11.1 Å². The van der Waals surface area contributed by atoms with Crippen molar-refractivity contribution in [3.63, 3.8) is 0 Å². The van der Waals surface area contributed by atoms with E-state index in [4.69, 9.17) is 9.15 Å². The van der Waals surface area contributed by atoms with Gasteiger partial charge in [-0.05, 0) is 54.4 Å². The quantitative estimate of drug-likeness (QED) is 0.358. The van der Waals surface area contributed by atoms with Crippen LogP contribution in [-0.4, -0.2) is 33.8 Å².